The molecule has 0 spiro atoms. The van der Waals surface area contributed by atoms with Gasteiger partial charge in [0.1, 0.15) is 11.1 Å². The fourth-order valence-corrected chi connectivity index (χ4v) is 3.05. The minimum absolute atomic E-state index is 0.00959. The van der Waals surface area contributed by atoms with Crippen molar-refractivity contribution in [2.45, 2.75) is 44.8 Å². The molecule has 0 radical (unpaired) electrons. The normalized spacial score (nSPS) is 20.1. The summed E-state index contributed by atoms with van der Waals surface area (Å²) in [6, 6.07) is 5.32. The van der Waals surface area contributed by atoms with E-state index in [1.54, 1.807) is 6.20 Å². The van der Waals surface area contributed by atoms with Gasteiger partial charge >= 0.3 is 0 Å². The number of nitrogens with zero attached hydrogens (tertiary/aromatic N) is 1. The Morgan fingerprint density at radius 2 is 2.08 bits per heavy atom. The summed E-state index contributed by atoms with van der Waals surface area (Å²) in [6.07, 6.45) is 6.65. The van der Waals surface area contributed by atoms with Gasteiger partial charge in [-0.25, -0.2) is 4.98 Å². The quantitative estimate of drug-likeness (QED) is 0.877. The molecule has 0 bridgehead atoms. The molecule has 2 N–H and O–H groups in total. The highest BCUT2D eigenvalue weighted by Gasteiger charge is 2.24. The van der Waals surface area contributed by atoms with E-state index in [2.05, 4.69) is 15.3 Å². The van der Waals surface area contributed by atoms with Crippen LogP contribution in [0.15, 0.2) is 35.4 Å². The van der Waals surface area contributed by atoms with Crippen molar-refractivity contribution in [3.05, 3.63) is 57.1 Å². The number of rotatable bonds is 4. The first-order chi connectivity index (χ1) is 12.0. The van der Waals surface area contributed by atoms with Gasteiger partial charge in [-0.1, -0.05) is 17.7 Å². The molecule has 132 valence electrons. The lowest BCUT2D eigenvalue weighted by molar-refractivity contribution is 0.0890. The third kappa shape index (κ3) is 4.60. The SMILES string of the molecule is Cc1ccc(OC2CCC(NC(=O)c3c[nH]c(=O)c(Cl)c3)CC2)nc1. The highest BCUT2D eigenvalue weighted by molar-refractivity contribution is 6.30. The van der Waals surface area contributed by atoms with Crippen molar-refractivity contribution < 1.29 is 9.53 Å². The van der Waals surface area contributed by atoms with Crippen molar-refractivity contribution in [1.29, 1.82) is 0 Å². The van der Waals surface area contributed by atoms with Gasteiger partial charge in [-0.3, -0.25) is 9.59 Å². The lowest BCUT2D eigenvalue weighted by Gasteiger charge is -2.29. The van der Waals surface area contributed by atoms with Gasteiger partial charge in [0.2, 0.25) is 5.88 Å². The van der Waals surface area contributed by atoms with E-state index < -0.39 is 5.56 Å². The van der Waals surface area contributed by atoms with E-state index in [1.165, 1.54) is 12.3 Å². The summed E-state index contributed by atoms with van der Waals surface area (Å²) in [5.41, 5.74) is 1.05. The number of aromatic amines is 1. The Morgan fingerprint density at radius 1 is 1.32 bits per heavy atom. The Bertz CT molecular complexity index is 796. The molecule has 25 heavy (non-hydrogen) atoms. The number of pyridine rings is 2. The van der Waals surface area contributed by atoms with E-state index in [1.807, 2.05) is 19.1 Å². The number of halogens is 1. The van der Waals surface area contributed by atoms with Gasteiger partial charge in [-0.15, -0.1) is 0 Å². The van der Waals surface area contributed by atoms with Gasteiger partial charge in [0, 0.05) is 24.5 Å². The van der Waals surface area contributed by atoms with Gasteiger partial charge in [0.25, 0.3) is 11.5 Å². The second-order valence-corrected chi connectivity index (χ2v) is 6.71. The van der Waals surface area contributed by atoms with E-state index >= 15 is 0 Å². The third-order valence-electron chi connectivity index (χ3n) is 4.30. The van der Waals surface area contributed by atoms with Crippen LogP contribution in [0.1, 0.15) is 41.6 Å². The molecule has 2 aromatic heterocycles. The predicted octanol–water partition coefficient (Wildman–Crippen LogP) is 2.85. The Balaban J connectivity index is 1.50. The summed E-state index contributed by atoms with van der Waals surface area (Å²) in [6.45, 7) is 1.99. The third-order valence-corrected chi connectivity index (χ3v) is 4.58. The Kier molecular flexibility index (Phi) is 5.38. The minimum atomic E-state index is -0.402. The molecule has 0 saturated heterocycles. The second-order valence-electron chi connectivity index (χ2n) is 6.30. The number of hydrogen-bond acceptors (Lipinski definition) is 4. The molecule has 7 heteroatoms. The number of ether oxygens (including phenoxy) is 1. The molecule has 0 aromatic carbocycles. The number of hydrogen-bond donors (Lipinski definition) is 2. The van der Waals surface area contributed by atoms with Crippen LogP contribution in [-0.2, 0) is 0 Å². The summed E-state index contributed by atoms with van der Waals surface area (Å²) in [7, 11) is 0. The van der Waals surface area contributed by atoms with Crippen molar-refractivity contribution >= 4 is 17.5 Å². The number of aryl methyl sites for hydroxylation is 1. The molecule has 1 amide bonds. The molecule has 1 aliphatic rings. The summed E-state index contributed by atoms with van der Waals surface area (Å²) in [5.74, 6) is 0.406. The van der Waals surface area contributed by atoms with Crippen LogP contribution < -0.4 is 15.6 Å². The van der Waals surface area contributed by atoms with Crippen molar-refractivity contribution in [3.8, 4) is 5.88 Å². The standard InChI is InChI=1S/C18H20ClN3O3/c1-11-2-7-16(20-9-11)25-14-5-3-13(4-6-14)22-17(23)12-8-15(19)18(24)21-10-12/h2,7-10,13-14H,3-6H2,1H3,(H,21,24)(H,22,23). The number of carbonyl (C=O) groups is 1. The average molecular weight is 362 g/mol. The predicted molar refractivity (Wildman–Crippen MR) is 95.2 cm³/mol. The maximum Gasteiger partial charge on any atom is 0.266 e. The fourth-order valence-electron chi connectivity index (χ4n) is 2.88. The lowest BCUT2D eigenvalue weighted by atomic mass is 9.92. The van der Waals surface area contributed by atoms with Crippen LogP contribution in [0.3, 0.4) is 0 Å². The van der Waals surface area contributed by atoms with E-state index in [4.69, 9.17) is 16.3 Å². The zero-order chi connectivity index (χ0) is 17.8. The highest BCUT2D eigenvalue weighted by atomic mass is 35.5. The summed E-state index contributed by atoms with van der Waals surface area (Å²) < 4.78 is 5.90. The van der Waals surface area contributed by atoms with E-state index in [9.17, 15) is 9.59 Å². The monoisotopic (exact) mass is 361 g/mol. The molecule has 1 fully saturated rings. The molecule has 2 aromatic rings. The number of nitrogens with one attached hydrogen (secondary N) is 2. The van der Waals surface area contributed by atoms with Crippen LogP contribution in [0.5, 0.6) is 5.88 Å². The molecule has 0 aliphatic heterocycles. The topological polar surface area (TPSA) is 84.1 Å². The Hall–Kier alpha value is -2.34. The number of H-pyrrole nitrogens is 1. The van der Waals surface area contributed by atoms with Crippen molar-refractivity contribution in [2.24, 2.45) is 0 Å². The van der Waals surface area contributed by atoms with Gasteiger partial charge in [0.05, 0.1) is 5.56 Å². The van der Waals surface area contributed by atoms with E-state index in [0.717, 1.165) is 31.2 Å². The van der Waals surface area contributed by atoms with Gasteiger partial charge in [-0.05, 0) is 44.2 Å². The smallest absolute Gasteiger partial charge is 0.266 e. The minimum Gasteiger partial charge on any atom is -0.474 e. The van der Waals surface area contributed by atoms with Crippen molar-refractivity contribution in [1.82, 2.24) is 15.3 Å². The zero-order valence-electron chi connectivity index (χ0n) is 13.9. The van der Waals surface area contributed by atoms with E-state index in [-0.39, 0.29) is 23.1 Å². The maximum atomic E-state index is 12.2. The van der Waals surface area contributed by atoms with Crippen molar-refractivity contribution in [3.63, 3.8) is 0 Å². The van der Waals surface area contributed by atoms with Crippen LogP contribution in [0, 0.1) is 6.92 Å². The molecular formula is C18H20ClN3O3. The molecule has 3 rings (SSSR count). The first-order valence-electron chi connectivity index (χ1n) is 8.29. The first kappa shape index (κ1) is 17.5. The van der Waals surface area contributed by atoms with Gasteiger partial charge < -0.3 is 15.0 Å². The second kappa shape index (κ2) is 7.70. The highest BCUT2D eigenvalue weighted by Crippen LogP contribution is 2.23. The zero-order valence-corrected chi connectivity index (χ0v) is 14.7. The fraction of sp³-hybridized carbons (Fsp3) is 0.389. The molecule has 1 saturated carbocycles. The Morgan fingerprint density at radius 3 is 2.72 bits per heavy atom. The van der Waals surface area contributed by atoms with Crippen LogP contribution >= 0.6 is 11.6 Å². The summed E-state index contributed by atoms with van der Waals surface area (Å²) in [4.78, 5) is 30.2. The molecular weight excluding hydrogens is 342 g/mol. The van der Waals surface area contributed by atoms with E-state index in [0.29, 0.717) is 11.4 Å². The van der Waals surface area contributed by atoms with Gasteiger partial charge in [-0.2, -0.15) is 0 Å². The average Bonchev–Trinajstić information content (AvgIpc) is 2.61. The van der Waals surface area contributed by atoms with Crippen LogP contribution in [0.2, 0.25) is 5.02 Å². The maximum absolute atomic E-state index is 12.2. The summed E-state index contributed by atoms with van der Waals surface area (Å²) >= 11 is 5.76. The molecule has 0 unspecified atom stereocenters. The molecule has 2 heterocycles. The van der Waals surface area contributed by atoms with Gasteiger partial charge in [0.15, 0.2) is 0 Å². The number of amides is 1. The number of carbonyl (C=O) groups excluding carboxylic acids is 1. The molecule has 0 atom stereocenters. The molecule has 1 aliphatic carbocycles. The van der Waals surface area contributed by atoms with Crippen LogP contribution in [0.25, 0.3) is 0 Å². The van der Waals surface area contributed by atoms with Crippen LogP contribution in [-0.4, -0.2) is 28.0 Å². The Labute approximate surface area is 150 Å². The van der Waals surface area contributed by atoms with Crippen LogP contribution in [0.4, 0.5) is 0 Å². The summed E-state index contributed by atoms with van der Waals surface area (Å²) in [5, 5.41) is 2.99. The largest absolute Gasteiger partial charge is 0.474 e. The number of aromatic nitrogens is 2. The first-order valence-corrected chi connectivity index (χ1v) is 8.67. The molecule has 6 nitrogen and oxygen atoms in total. The lowest BCUT2D eigenvalue weighted by Crippen LogP contribution is -2.39. The van der Waals surface area contributed by atoms with Crippen molar-refractivity contribution in [2.75, 3.05) is 0 Å².